The second kappa shape index (κ2) is 10.1. The molecule has 1 saturated heterocycles. The van der Waals surface area contributed by atoms with E-state index in [1.807, 2.05) is 25.1 Å². The highest BCUT2D eigenvalue weighted by Crippen LogP contribution is 2.40. The van der Waals surface area contributed by atoms with Gasteiger partial charge < -0.3 is 23.5 Å². The minimum atomic E-state index is -0.575. The Morgan fingerprint density at radius 1 is 1.03 bits per heavy atom. The quantitative estimate of drug-likeness (QED) is 0.490. The van der Waals surface area contributed by atoms with E-state index in [4.69, 9.17) is 18.6 Å². The second-order valence-electron chi connectivity index (χ2n) is 8.78. The van der Waals surface area contributed by atoms with Crippen LogP contribution in [0.5, 0.6) is 11.5 Å². The largest absolute Gasteiger partial charge is 0.493 e. The van der Waals surface area contributed by atoms with Crippen LogP contribution in [0.4, 0.5) is 0 Å². The van der Waals surface area contributed by atoms with E-state index in [0.717, 1.165) is 25.1 Å². The van der Waals surface area contributed by atoms with E-state index in [1.54, 1.807) is 36.3 Å². The molecular weight excluding hydrogens is 448 g/mol. The summed E-state index contributed by atoms with van der Waals surface area (Å²) in [5, 5.41) is 0.467. The molecule has 35 heavy (non-hydrogen) atoms. The Morgan fingerprint density at radius 3 is 2.60 bits per heavy atom. The molecule has 0 unspecified atom stereocenters. The maximum absolute atomic E-state index is 13.6. The summed E-state index contributed by atoms with van der Waals surface area (Å²) >= 11 is 0. The van der Waals surface area contributed by atoms with Crippen LogP contribution >= 0.6 is 0 Å². The summed E-state index contributed by atoms with van der Waals surface area (Å²) in [6.45, 7) is 6.75. The molecule has 2 aromatic carbocycles. The fourth-order valence-corrected chi connectivity index (χ4v) is 4.80. The topological polar surface area (TPSA) is 81.5 Å². The lowest BCUT2D eigenvalue weighted by atomic mass is 9.98. The van der Waals surface area contributed by atoms with Gasteiger partial charge in [-0.1, -0.05) is 25.1 Å². The highest BCUT2D eigenvalue weighted by Gasteiger charge is 2.43. The van der Waals surface area contributed by atoms with Crippen molar-refractivity contribution in [2.24, 2.45) is 0 Å². The number of rotatable bonds is 8. The molecule has 0 spiro atoms. The van der Waals surface area contributed by atoms with Gasteiger partial charge in [-0.25, -0.2) is 0 Å². The average molecular weight is 479 g/mol. The van der Waals surface area contributed by atoms with Gasteiger partial charge in [-0.2, -0.15) is 0 Å². The van der Waals surface area contributed by atoms with Crippen molar-refractivity contribution in [2.75, 3.05) is 53.1 Å². The summed E-state index contributed by atoms with van der Waals surface area (Å²) in [7, 11) is 1.59. The molecule has 184 valence electrons. The van der Waals surface area contributed by atoms with E-state index in [2.05, 4.69) is 4.90 Å². The van der Waals surface area contributed by atoms with Crippen molar-refractivity contribution in [3.05, 3.63) is 69.6 Å². The molecule has 1 fully saturated rings. The summed E-state index contributed by atoms with van der Waals surface area (Å²) in [6, 6.07) is 12.1. The fourth-order valence-electron chi connectivity index (χ4n) is 4.80. The standard InChI is InChI=1S/C27H30N2O6/c1-3-14-34-21-9-8-18(17-22(21)32-2)24-23-25(30)19-6-4-5-7-20(19)35-26(23)27(31)29(24)11-10-28-12-15-33-16-13-28/h4-9,17,24H,3,10-16H2,1-2H3/t24-/m0/s1. The Labute approximate surface area is 204 Å². The minimum Gasteiger partial charge on any atom is -0.493 e. The Kier molecular flexibility index (Phi) is 6.74. The Balaban J connectivity index is 1.58. The first-order valence-electron chi connectivity index (χ1n) is 12.1. The number of hydrogen-bond donors (Lipinski definition) is 0. The van der Waals surface area contributed by atoms with Gasteiger partial charge in [0.25, 0.3) is 5.91 Å². The molecule has 1 amide bonds. The first-order valence-corrected chi connectivity index (χ1v) is 12.1. The van der Waals surface area contributed by atoms with Gasteiger partial charge in [-0.15, -0.1) is 0 Å². The van der Waals surface area contributed by atoms with Crippen molar-refractivity contribution in [3.63, 3.8) is 0 Å². The Bertz CT molecular complexity index is 1280. The number of hydrogen-bond acceptors (Lipinski definition) is 7. The van der Waals surface area contributed by atoms with Gasteiger partial charge in [-0.05, 0) is 36.2 Å². The van der Waals surface area contributed by atoms with Crippen molar-refractivity contribution in [1.82, 2.24) is 9.80 Å². The lowest BCUT2D eigenvalue weighted by Crippen LogP contribution is -2.42. The average Bonchev–Trinajstić information content (AvgIpc) is 3.18. The van der Waals surface area contributed by atoms with Gasteiger partial charge in [-0.3, -0.25) is 14.5 Å². The van der Waals surface area contributed by atoms with Crippen LogP contribution in [-0.4, -0.2) is 68.8 Å². The van der Waals surface area contributed by atoms with Crippen LogP contribution in [0.15, 0.2) is 51.7 Å². The molecule has 1 atom stereocenters. The number of nitrogens with zero attached hydrogens (tertiary/aromatic N) is 2. The van der Waals surface area contributed by atoms with Crippen LogP contribution in [0, 0.1) is 0 Å². The predicted octanol–water partition coefficient (Wildman–Crippen LogP) is 3.47. The molecular formula is C27H30N2O6. The molecule has 2 aliphatic rings. The monoisotopic (exact) mass is 478 g/mol. The normalized spacial score (nSPS) is 18.2. The Morgan fingerprint density at radius 2 is 1.83 bits per heavy atom. The summed E-state index contributed by atoms with van der Waals surface area (Å²) in [4.78, 5) is 31.3. The number of fused-ring (bicyclic) bond motifs is 2. The minimum absolute atomic E-state index is 0.117. The molecule has 8 heteroatoms. The zero-order valence-corrected chi connectivity index (χ0v) is 20.1. The van der Waals surface area contributed by atoms with Crippen LogP contribution in [0.1, 0.15) is 41.1 Å². The van der Waals surface area contributed by atoms with E-state index in [-0.39, 0.29) is 17.1 Å². The molecule has 8 nitrogen and oxygen atoms in total. The maximum Gasteiger partial charge on any atom is 0.290 e. The van der Waals surface area contributed by atoms with E-state index >= 15 is 0 Å². The van der Waals surface area contributed by atoms with Crippen LogP contribution in [-0.2, 0) is 4.74 Å². The van der Waals surface area contributed by atoms with Crippen molar-refractivity contribution >= 4 is 16.9 Å². The van der Waals surface area contributed by atoms with Crippen LogP contribution in [0.3, 0.4) is 0 Å². The van der Waals surface area contributed by atoms with E-state index in [1.165, 1.54) is 0 Å². The first kappa shape index (κ1) is 23.4. The highest BCUT2D eigenvalue weighted by atomic mass is 16.5. The number of carbonyl (C=O) groups excluding carboxylic acids is 1. The third-order valence-corrected chi connectivity index (χ3v) is 6.60. The number of morpholine rings is 1. The molecule has 5 rings (SSSR count). The molecule has 0 N–H and O–H groups in total. The van der Waals surface area contributed by atoms with Gasteiger partial charge in [0.05, 0.1) is 43.9 Å². The van der Waals surface area contributed by atoms with Gasteiger partial charge in [0.2, 0.25) is 5.76 Å². The second-order valence-corrected chi connectivity index (χ2v) is 8.78. The van der Waals surface area contributed by atoms with Crippen LogP contribution in [0.25, 0.3) is 11.0 Å². The molecule has 3 heterocycles. The van der Waals surface area contributed by atoms with E-state index < -0.39 is 6.04 Å². The zero-order chi connectivity index (χ0) is 24.4. The number of para-hydroxylation sites is 1. The lowest BCUT2D eigenvalue weighted by Gasteiger charge is -2.31. The van der Waals surface area contributed by atoms with E-state index in [9.17, 15) is 9.59 Å². The van der Waals surface area contributed by atoms with Crippen molar-refractivity contribution < 1.29 is 23.4 Å². The predicted molar refractivity (Wildman–Crippen MR) is 131 cm³/mol. The first-order chi connectivity index (χ1) is 17.1. The van der Waals surface area contributed by atoms with Crippen LogP contribution in [0.2, 0.25) is 0 Å². The molecule has 0 saturated carbocycles. The maximum atomic E-state index is 13.6. The third kappa shape index (κ3) is 4.39. The van der Waals surface area contributed by atoms with Gasteiger partial charge >= 0.3 is 0 Å². The summed E-state index contributed by atoms with van der Waals surface area (Å²) < 4.78 is 22.9. The summed E-state index contributed by atoms with van der Waals surface area (Å²) in [5.41, 5.74) is 1.39. The number of ether oxygens (including phenoxy) is 3. The number of benzene rings is 2. The number of amides is 1. The van der Waals surface area contributed by atoms with Gasteiger partial charge in [0, 0.05) is 26.2 Å². The fraction of sp³-hybridized carbons (Fsp3) is 0.407. The zero-order valence-electron chi connectivity index (χ0n) is 20.1. The molecule has 1 aromatic heterocycles. The number of methoxy groups -OCH3 is 1. The highest BCUT2D eigenvalue weighted by molar-refractivity contribution is 5.99. The summed E-state index contributed by atoms with van der Waals surface area (Å²) in [6.07, 6.45) is 0.874. The molecule has 0 aliphatic carbocycles. The van der Waals surface area contributed by atoms with Crippen LogP contribution < -0.4 is 14.9 Å². The van der Waals surface area contributed by atoms with Crippen molar-refractivity contribution in [3.8, 4) is 11.5 Å². The molecule has 3 aromatic rings. The van der Waals surface area contributed by atoms with Crippen molar-refractivity contribution in [1.29, 1.82) is 0 Å². The lowest BCUT2D eigenvalue weighted by molar-refractivity contribution is 0.0314. The molecule has 2 aliphatic heterocycles. The Hall–Kier alpha value is -3.36. The number of carbonyl (C=O) groups is 1. The van der Waals surface area contributed by atoms with Crippen molar-refractivity contribution in [2.45, 2.75) is 19.4 Å². The third-order valence-electron chi connectivity index (χ3n) is 6.60. The molecule has 0 bridgehead atoms. The van der Waals surface area contributed by atoms with E-state index in [0.29, 0.717) is 60.9 Å². The molecule has 0 radical (unpaired) electrons. The van der Waals surface area contributed by atoms with Gasteiger partial charge in [0.15, 0.2) is 16.9 Å². The van der Waals surface area contributed by atoms with Gasteiger partial charge in [0.1, 0.15) is 5.58 Å². The smallest absolute Gasteiger partial charge is 0.290 e. The SMILES string of the molecule is CCCOc1ccc([C@H]2c3c(oc4ccccc4c3=O)C(=O)N2CCN2CCOCC2)cc1OC. The summed E-state index contributed by atoms with van der Waals surface area (Å²) in [5.74, 6) is 1.04.